The van der Waals surface area contributed by atoms with Gasteiger partial charge in [-0.15, -0.1) is 0 Å². The third kappa shape index (κ3) is 3.35. The Kier molecular flexibility index (Phi) is 5.25. The topological polar surface area (TPSA) is 59.4 Å². The Morgan fingerprint density at radius 3 is 2.46 bits per heavy atom. The lowest BCUT2D eigenvalue weighted by molar-refractivity contribution is -0.0361. The van der Waals surface area contributed by atoms with Crippen LogP contribution in [0.5, 0.6) is 0 Å². The van der Waals surface area contributed by atoms with Crippen LogP contribution in [-0.4, -0.2) is 59.0 Å². The summed E-state index contributed by atoms with van der Waals surface area (Å²) in [4.78, 5) is 15.3. The predicted molar refractivity (Wildman–Crippen MR) is 93.2 cm³/mol. The van der Waals surface area contributed by atoms with E-state index in [9.17, 15) is 4.79 Å². The maximum absolute atomic E-state index is 12.8. The lowest BCUT2D eigenvalue weighted by Crippen LogP contribution is -2.59. The molecule has 1 aliphatic carbocycles. The van der Waals surface area contributed by atoms with Crippen molar-refractivity contribution >= 4 is 5.91 Å². The van der Waals surface area contributed by atoms with Crippen molar-refractivity contribution in [2.45, 2.75) is 51.5 Å². The Morgan fingerprint density at radius 2 is 1.88 bits per heavy atom. The molecule has 1 saturated heterocycles. The molecule has 0 atom stereocenters. The zero-order chi connectivity index (χ0) is 17.2. The van der Waals surface area contributed by atoms with Crippen LogP contribution in [0.2, 0.25) is 0 Å². The lowest BCUT2D eigenvalue weighted by atomic mass is 9.79. The fraction of sp³-hybridized carbons (Fsp3) is 0.778. The number of hydrogen-bond acceptors (Lipinski definition) is 4. The first kappa shape index (κ1) is 17.4. The average Bonchev–Trinajstić information content (AvgIpc) is 2.87. The summed E-state index contributed by atoms with van der Waals surface area (Å²) in [5.41, 5.74) is 2.55. The second kappa shape index (κ2) is 7.23. The number of carbonyl (C=O) groups excluding carboxylic acids is 1. The molecular formula is C18H30N4O2. The molecule has 2 fully saturated rings. The molecule has 1 amide bonds. The molecule has 0 bridgehead atoms. The van der Waals surface area contributed by atoms with E-state index in [4.69, 9.17) is 4.74 Å². The van der Waals surface area contributed by atoms with Gasteiger partial charge in [0, 0.05) is 37.9 Å². The van der Waals surface area contributed by atoms with Crippen molar-refractivity contribution in [1.82, 2.24) is 20.0 Å². The first-order valence-corrected chi connectivity index (χ1v) is 9.15. The predicted octanol–water partition coefficient (Wildman–Crippen LogP) is 1.80. The van der Waals surface area contributed by atoms with Crippen LogP contribution in [-0.2, 0) is 11.8 Å². The lowest BCUT2D eigenvalue weighted by Gasteiger charge is -2.48. The van der Waals surface area contributed by atoms with Crippen molar-refractivity contribution < 1.29 is 9.53 Å². The van der Waals surface area contributed by atoms with E-state index in [0.717, 1.165) is 62.6 Å². The third-order valence-corrected chi connectivity index (χ3v) is 5.78. The summed E-state index contributed by atoms with van der Waals surface area (Å²) in [5, 5.41) is 7.59. The van der Waals surface area contributed by atoms with E-state index in [0.29, 0.717) is 0 Å². The van der Waals surface area contributed by atoms with E-state index in [2.05, 4.69) is 15.3 Å². The van der Waals surface area contributed by atoms with E-state index in [-0.39, 0.29) is 11.4 Å². The molecule has 24 heavy (non-hydrogen) atoms. The zero-order valence-electron chi connectivity index (χ0n) is 15.2. The summed E-state index contributed by atoms with van der Waals surface area (Å²) < 4.78 is 7.30. The maximum Gasteiger partial charge on any atom is 0.255 e. The van der Waals surface area contributed by atoms with Crippen LogP contribution in [0.4, 0.5) is 0 Å². The van der Waals surface area contributed by atoms with Crippen LogP contribution >= 0.6 is 0 Å². The molecule has 1 N–H and O–H groups in total. The summed E-state index contributed by atoms with van der Waals surface area (Å²) in [6.45, 7) is 8.13. The van der Waals surface area contributed by atoms with E-state index < -0.39 is 0 Å². The van der Waals surface area contributed by atoms with Crippen molar-refractivity contribution in [3.63, 3.8) is 0 Å². The van der Waals surface area contributed by atoms with Crippen LogP contribution in [0.3, 0.4) is 0 Å². The van der Waals surface area contributed by atoms with Crippen molar-refractivity contribution in [3.8, 4) is 0 Å². The zero-order valence-corrected chi connectivity index (χ0v) is 15.2. The number of rotatable bonds is 4. The molecule has 0 spiro atoms. The van der Waals surface area contributed by atoms with Gasteiger partial charge in [-0.25, -0.2) is 0 Å². The minimum atomic E-state index is 0.0105. The summed E-state index contributed by atoms with van der Waals surface area (Å²) >= 11 is 0. The number of ether oxygens (including phenoxy) is 1. The number of nitrogens with zero attached hydrogens (tertiary/aromatic N) is 3. The number of morpholine rings is 1. The van der Waals surface area contributed by atoms with Crippen LogP contribution in [0.1, 0.15) is 53.8 Å². The van der Waals surface area contributed by atoms with Gasteiger partial charge in [0.15, 0.2) is 0 Å². The molecule has 0 radical (unpaired) electrons. The van der Waals surface area contributed by atoms with Crippen LogP contribution in [0.15, 0.2) is 0 Å². The molecule has 134 valence electrons. The number of amides is 1. The highest BCUT2D eigenvalue weighted by atomic mass is 16.5. The quantitative estimate of drug-likeness (QED) is 0.912. The molecule has 1 aromatic heterocycles. The Bertz CT molecular complexity index is 584. The SMILES string of the molecule is Cc1nn(C)c(C)c1C(=O)NCC1(N2CCOCC2)CCCCC1. The highest BCUT2D eigenvalue weighted by Crippen LogP contribution is 2.34. The molecule has 0 aromatic carbocycles. The summed E-state index contributed by atoms with van der Waals surface area (Å²) in [5.74, 6) is 0.0105. The molecule has 1 aromatic rings. The van der Waals surface area contributed by atoms with Gasteiger partial charge >= 0.3 is 0 Å². The Morgan fingerprint density at radius 1 is 1.21 bits per heavy atom. The van der Waals surface area contributed by atoms with E-state index in [1.165, 1.54) is 19.3 Å². The molecule has 6 nitrogen and oxygen atoms in total. The molecule has 0 unspecified atom stereocenters. The minimum Gasteiger partial charge on any atom is -0.379 e. The van der Waals surface area contributed by atoms with Gasteiger partial charge in [0.1, 0.15) is 0 Å². The fourth-order valence-electron chi connectivity index (χ4n) is 4.29. The number of carbonyl (C=O) groups is 1. The smallest absolute Gasteiger partial charge is 0.255 e. The monoisotopic (exact) mass is 334 g/mol. The Balaban J connectivity index is 1.72. The molecule has 1 aliphatic heterocycles. The van der Waals surface area contributed by atoms with Crippen molar-refractivity contribution in [2.75, 3.05) is 32.8 Å². The van der Waals surface area contributed by atoms with Gasteiger partial charge in [-0.05, 0) is 26.7 Å². The third-order valence-electron chi connectivity index (χ3n) is 5.78. The second-order valence-electron chi connectivity index (χ2n) is 7.24. The van der Waals surface area contributed by atoms with Gasteiger partial charge in [0.05, 0.1) is 24.5 Å². The first-order valence-electron chi connectivity index (χ1n) is 9.15. The van der Waals surface area contributed by atoms with Gasteiger partial charge in [0.25, 0.3) is 5.91 Å². The number of nitrogens with one attached hydrogen (secondary N) is 1. The standard InChI is InChI=1S/C18H30N4O2/c1-14-16(15(2)21(3)20-14)17(23)19-13-18(7-5-4-6-8-18)22-9-11-24-12-10-22/h4-13H2,1-3H3,(H,19,23). The summed E-state index contributed by atoms with van der Waals surface area (Å²) in [6, 6.07) is 0. The van der Waals surface area contributed by atoms with Crippen molar-refractivity contribution in [2.24, 2.45) is 7.05 Å². The van der Waals surface area contributed by atoms with Gasteiger partial charge in [-0.3, -0.25) is 14.4 Å². The van der Waals surface area contributed by atoms with Crippen LogP contribution in [0.25, 0.3) is 0 Å². The number of aromatic nitrogens is 2. The summed E-state index contributed by atoms with van der Waals surface area (Å²) in [7, 11) is 1.88. The van der Waals surface area contributed by atoms with Gasteiger partial charge in [0.2, 0.25) is 0 Å². The van der Waals surface area contributed by atoms with Gasteiger partial charge < -0.3 is 10.1 Å². The molecule has 2 aliphatic rings. The van der Waals surface area contributed by atoms with Crippen molar-refractivity contribution in [1.29, 1.82) is 0 Å². The first-order chi connectivity index (χ1) is 11.5. The van der Waals surface area contributed by atoms with E-state index >= 15 is 0 Å². The molecule has 3 rings (SSSR count). The average molecular weight is 334 g/mol. The fourth-order valence-corrected chi connectivity index (χ4v) is 4.29. The summed E-state index contributed by atoms with van der Waals surface area (Å²) in [6.07, 6.45) is 6.13. The van der Waals surface area contributed by atoms with E-state index in [1.54, 1.807) is 4.68 Å². The largest absolute Gasteiger partial charge is 0.379 e. The van der Waals surface area contributed by atoms with E-state index in [1.807, 2.05) is 20.9 Å². The maximum atomic E-state index is 12.8. The normalized spacial score (nSPS) is 21.6. The number of aryl methyl sites for hydroxylation is 2. The number of hydrogen-bond donors (Lipinski definition) is 1. The highest BCUT2D eigenvalue weighted by molar-refractivity contribution is 5.96. The van der Waals surface area contributed by atoms with Gasteiger partial charge in [-0.2, -0.15) is 5.10 Å². The molecule has 2 heterocycles. The highest BCUT2D eigenvalue weighted by Gasteiger charge is 2.39. The Labute approximate surface area is 144 Å². The molecule has 1 saturated carbocycles. The van der Waals surface area contributed by atoms with Gasteiger partial charge in [-0.1, -0.05) is 19.3 Å². The Hall–Kier alpha value is -1.40. The molecule has 6 heteroatoms. The minimum absolute atomic E-state index is 0.0105. The molecular weight excluding hydrogens is 304 g/mol. The van der Waals surface area contributed by atoms with Crippen LogP contribution < -0.4 is 5.32 Å². The van der Waals surface area contributed by atoms with Crippen molar-refractivity contribution in [3.05, 3.63) is 17.0 Å². The second-order valence-corrected chi connectivity index (χ2v) is 7.24. The van der Waals surface area contributed by atoms with Crippen LogP contribution in [0, 0.1) is 13.8 Å².